The number of hydrogen-bond donors (Lipinski definition) is 1. The highest BCUT2D eigenvalue weighted by Crippen LogP contribution is 2.38. The monoisotopic (exact) mass is 346 g/mol. The summed E-state index contributed by atoms with van der Waals surface area (Å²) in [5.74, 6) is -0.350. The fourth-order valence-corrected chi connectivity index (χ4v) is 2.89. The summed E-state index contributed by atoms with van der Waals surface area (Å²) in [4.78, 5) is 16.8. The Bertz CT molecular complexity index is 741. The highest BCUT2D eigenvalue weighted by molar-refractivity contribution is 6.30. The van der Waals surface area contributed by atoms with Crippen molar-refractivity contribution < 1.29 is 9.53 Å². The largest absolute Gasteiger partial charge is 0.465 e. The Morgan fingerprint density at radius 1 is 1.42 bits per heavy atom. The summed E-state index contributed by atoms with van der Waals surface area (Å²) in [7, 11) is 0. The Kier molecular flexibility index (Phi) is 4.85. The number of benzene rings is 1. The van der Waals surface area contributed by atoms with Crippen molar-refractivity contribution in [2.75, 3.05) is 11.9 Å². The van der Waals surface area contributed by atoms with Crippen molar-refractivity contribution in [3.8, 4) is 0 Å². The van der Waals surface area contributed by atoms with Crippen LogP contribution in [0.4, 0.5) is 5.95 Å². The predicted molar refractivity (Wildman–Crippen MR) is 91.7 cm³/mol. The minimum Gasteiger partial charge on any atom is -0.465 e. The molecule has 0 bridgehead atoms. The van der Waals surface area contributed by atoms with Crippen LogP contribution >= 0.6 is 11.6 Å². The van der Waals surface area contributed by atoms with Crippen LogP contribution in [-0.2, 0) is 9.53 Å². The highest BCUT2D eigenvalue weighted by atomic mass is 35.5. The van der Waals surface area contributed by atoms with Gasteiger partial charge in [-0.2, -0.15) is 10.1 Å². The Morgan fingerprint density at radius 3 is 2.88 bits per heavy atom. The maximum absolute atomic E-state index is 12.7. The second kappa shape index (κ2) is 7.05. The van der Waals surface area contributed by atoms with Crippen molar-refractivity contribution in [1.82, 2.24) is 14.8 Å². The number of esters is 1. The number of nitrogens with zero attached hydrogens (tertiary/aromatic N) is 3. The molecule has 0 unspecified atom stereocenters. The van der Waals surface area contributed by atoms with Crippen LogP contribution in [0.1, 0.15) is 31.4 Å². The van der Waals surface area contributed by atoms with Crippen molar-refractivity contribution in [1.29, 1.82) is 0 Å². The van der Waals surface area contributed by atoms with E-state index in [9.17, 15) is 4.79 Å². The third-order valence-electron chi connectivity index (χ3n) is 4.01. The summed E-state index contributed by atoms with van der Waals surface area (Å²) in [6.45, 7) is 6.45. The topological polar surface area (TPSA) is 69.0 Å². The molecule has 126 valence electrons. The van der Waals surface area contributed by atoms with Gasteiger partial charge in [-0.3, -0.25) is 4.79 Å². The van der Waals surface area contributed by atoms with E-state index in [1.165, 1.54) is 6.33 Å². The van der Waals surface area contributed by atoms with Crippen LogP contribution in [0.2, 0.25) is 5.02 Å². The quantitative estimate of drug-likeness (QED) is 0.663. The Morgan fingerprint density at radius 2 is 2.17 bits per heavy atom. The summed E-state index contributed by atoms with van der Waals surface area (Å²) >= 11 is 5.99. The minimum absolute atomic E-state index is 0.318. The van der Waals surface area contributed by atoms with Crippen molar-refractivity contribution in [2.45, 2.75) is 25.8 Å². The molecule has 2 atom stereocenters. The molecule has 1 N–H and O–H groups in total. The van der Waals surface area contributed by atoms with Crippen molar-refractivity contribution in [3.05, 3.63) is 53.5 Å². The van der Waals surface area contributed by atoms with Gasteiger partial charge in [0.25, 0.3) is 0 Å². The molecule has 6 nitrogen and oxygen atoms in total. The molecule has 1 aliphatic heterocycles. The number of carbonyl (C=O) groups excluding carboxylic acids is 1. The highest BCUT2D eigenvalue weighted by Gasteiger charge is 2.40. The lowest BCUT2D eigenvalue weighted by Crippen LogP contribution is -2.38. The summed E-state index contributed by atoms with van der Waals surface area (Å²) in [5.41, 5.74) is 1.45. The first-order chi connectivity index (χ1) is 11.6. The third-order valence-corrected chi connectivity index (χ3v) is 4.26. The van der Waals surface area contributed by atoms with Crippen LogP contribution in [0.15, 0.2) is 42.9 Å². The molecule has 0 radical (unpaired) electrons. The van der Waals surface area contributed by atoms with Gasteiger partial charge in [0.05, 0.1) is 12.6 Å². The van der Waals surface area contributed by atoms with E-state index in [1.807, 2.05) is 19.1 Å². The molecular formula is C17H19ClN4O2. The molecule has 0 saturated heterocycles. The molecular weight excluding hydrogens is 328 g/mol. The smallest absolute Gasteiger partial charge is 0.317 e. The van der Waals surface area contributed by atoms with E-state index in [0.29, 0.717) is 23.3 Å². The summed E-state index contributed by atoms with van der Waals surface area (Å²) in [5, 5.41) is 7.93. The maximum atomic E-state index is 12.7. The molecule has 0 saturated carbocycles. The van der Waals surface area contributed by atoms with E-state index in [0.717, 1.165) is 18.4 Å². The SMILES string of the molecule is C=C1Nc2ncnn2[C@H](c2ccc(Cl)cc2)[C@H]1C(=O)OCCCC. The van der Waals surface area contributed by atoms with Gasteiger partial charge >= 0.3 is 5.97 Å². The fraction of sp³-hybridized carbons (Fsp3) is 0.353. The van der Waals surface area contributed by atoms with E-state index in [4.69, 9.17) is 16.3 Å². The van der Waals surface area contributed by atoms with Gasteiger partial charge in [-0.25, -0.2) is 4.68 Å². The number of ether oxygens (including phenoxy) is 1. The lowest BCUT2D eigenvalue weighted by molar-refractivity contribution is -0.148. The van der Waals surface area contributed by atoms with Crippen molar-refractivity contribution >= 4 is 23.5 Å². The standard InChI is InChI=1S/C17H19ClN4O2/c1-3-4-9-24-16(23)14-11(2)21-17-19-10-20-22(17)15(14)12-5-7-13(18)8-6-12/h5-8,10,14-15H,2-4,9H2,1H3,(H,19,20,21)/t14-,15+/m0/s1. The van der Waals surface area contributed by atoms with Gasteiger partial charge in [0.1, 0.15) is 12.2 Å². The lowest BCUT2D eigenvalue weighted by Gasteiger charge is -2.33. The van der Waals surface area contributed by atoms with E-state index >= 15 is 0 Å². The van der Waals surface area contributed by atoms with Crippen molar-refractivity contribution in [2.24, 2.45) is 5.92 Å². The van der Waals surface area contributed by atoms with E-state index < -0.39 is 5.92 Å². The van der Waals surface area contributed by atoms with Gasteiger partial charge in [-0.1, -0.05) is 43.7 Å². The first-order valence-corrected chi connectivity index (χ1v) is 8.27. The molecule has 7 heteroatoms. The molecule has 2 heterocycles. The molecule has 2 aromatic rings. The van der Waals surface area contributed by atoms with Gasteiger partial charge in [-0.15, -0.1) is 0 Å². The van der Waals surface area contributed by atoms with E-state index in [1.54, 1.807) is 16.8 Å². The predicted octanol–water partition coefficient (Wildman–Crippen LogP) is 3.42. The number of fused-ring (bicyclic) bond motifs is 1. The number of rotatable bonds is 5. The summed E-state index contributed by atoms with van der Waals surface area (Å²) in [6.07, 6.45) is 3.24. The molecule has 0 amide bonds. The second-order valence-corrected chi connectivity index (χ2v) is 6.11. The molecule has 0 aliphatic carbocycles. The average Bonchev–Trinajstić information content (AvgIpc) is 3.02. The van der Waals surface area contributed by atoms with E-state index in [2.05, 4.69) is 22.0 Å². The Balaban J connectivity index is 1.96. The lowest BCUT2D eigenvalue weighted by atomic mass is 9.89. The number of hydrogen-bond acceptors (Lipinski definition) is 5. The van der Waals surface area contributed by atoms with Crippen LogP contribution in [0, 0.1) is 5.92 Å². The third kappa shape index (κ3) is 3.14. The normalized spacial score (nSPS) is 19.5. The average molecular weight is 347 g/mol. The Labute approximate surface area is 145 Å². The molecule has 1 aromatic carbocycles. The van der Waals surface area contributed by atoms with Gasteiger partial charge in [0.2, 0.25) is 5.95 Å². The Hall–Kier alpha value is -2.34. The molecule has 3 rings (SSSR count). The second-order valence-electron chi connectivity index (χ2n) is 5.67. The molecule has 0 fully saturated rings. The zero-order chi connectivity index (χ0) is 17.1. The number of nitrogens with one attached hydrogen (secondary N) is 1. The molecule has 0 spiro atoms. The van der Waals surface area contributed by atoms with Gasteiger partial charge in [0, 0.05) is 10.7 Å². The first kappa shape index (κ1) is 16.5. The first-order valence-electron chi connectivity index (χ1n) is 7.89. The van der Waals surface area contributed by atoms with Crippen LogP contribution < -0.4 is 5.32 Å². The van der Waals surface area contributed by atoms with Gasteiger partial charge < -0.3 is 10.1 Å². The molecule has 1 aliphatic rings. The van der Waals surface area contributed by atoms with E-state index in [-0.39, 0.29) is 12.0 Å². The molecule has 1 aromatic heterocycles. The summed E-state index contributed by atoms with van der Waals surface area (Å²) < 4.78 is 7.12. The number of unbranched alkanes of at least 4 members (excludes halogenated alkanes) is 1. The minimum atomic E-state index is -0.586. The zero-order valence-electron chi connectivity index (χ0n) is 13.4. The van der Waals surface area contributed by atoms with Crippen LogP contribution in [0.5, 0.6) is 0 Å². The van der Waals surface area contributed by atoms with Gasteiger partial charge in [-0.05, 0) is 24.1 Å². The number of carbonyl (C=O) groups is 1. The zero-order valence-corrected chi connectivity index (χ0v) is 14.2. The fourth-order valence-electron chi connectivity index (χ4n) is 2.77. The van der Waals surface area contributed by atoms with Crippen molar-refractivity contribution in [3.63, 3.8) is 0 Å². The number of anilines is 1. The molecule has 24 heavy (non-hydrogen) atoms. The van der Waals surface area contributed by atoms with Crippen LogP contribution in [0.3, 0.4) is 0 Å². The number of halogens is 1. The summed E-state index contributed by atoms with van der Waals surface area (Å²) in [6, 6.07) is 6.96. The number of aromatic nitrogens is 3. The maximum Gasteiger partial charge on any atom is 0.317 e. The van der Waals surface area contributed by atoms with Crippen LogP contribution in [0.25, 0.3) is 0 Å². The van der Waals surface area contributed by atoms with Crippen LogP contribution in [-0.4, -0.2) is 27.3 Å². The van der Waals surface area contributed by atoms with Gasteiger partial charge in [0.15, 0.2) is 0 Å².